The predicted octanol–water partition coefficient (Wildman–Crippen LogP) is -1.11. The van der Waals surface area contributed by atoms with Crippen molar-refractivity contribution in [3.05, 3.63) is 0 Å². The van der Waals surface area contributed by atoms with Crippen LogP contribution >= 0.6 is 0 Å². The first-order valence-electron chi connectivity index (χ1n) is 4.09. The summed E-state index contributed by atoms with van der Waals surface area (Å²) in [7, 11) is 0. The summed E-state index contributed by atoms with van der Waals surface area (Å²) in [6.45, 7) is 14.2. The predicted molar refractivity (Wildman–Crippen MR) is 42.4 cm³/mol. The molecule has 0 bridgehead atoms. The molecule has 0 rings (SSSR count). The van der Waals surface area contributed by atoms with E-state index in [0.29, 0.717) is 0 Å². The van der Waals surface area contributed by atoms with Crippen LogP contribution < -0.4 is 17.0 Å². The molecule has 0 N–H and O–H groups in total. The lowest BCUT2D eigenvalue weighted by molar-refractivity contribution is -0.921. The number of nitrogens with zero attached hydrogens (tertiary/aromatic N) is 1. The van der Waals surface area contributed by atoms with Gasteiger partial charge in [-0.3, -0.25) is 0 Å². The highest BCUT2D eigenvalue weighted by atomic mass is 79.9. The molecule has 0 unspecified atom stereocenters. The van der Waals surface area contributed by atoms with Crippen molar-refractivity contribution in [3.8, 4) is 0 Å². The average molecular weight is 218 g/mol. The monoisotopic (exact) mass is 217 g/mol. The van der Waals surface area contributed by atoms with E-state index in [1.54, 1.807) is 0 Å². The summed E-state index contributed by atoms with van der Waals surface area (Å²) in [6.07, 6.45) is 0. The molecule has 64 valence electrons. The Labute approximate surface area is 75.8 Å². The molecule has 0 aliphatic carbocycles. The Bertz CT molecular complexity index is 52.1. The SMILES string of the molecule is C[14CH2][N+]([14CH2]C)([14CH2]C)[14CH2]C.[Br-]. The second kappa shape index (κ2) is 6.17. The zero-order valence-electron chi connectivity index (χ0n) is 7.65. The van der Waals surface area contributed by atoms with E-state index in [9.17, 15) is 0 Å². The molecular weight excluding hydrogens is 198 g/mol. The van der Waals surface area contributed by atoms with Gasteiger partial charge in [0, 0.05) is 0 Å². The Morgan fingerprint density at radius 3 is 0.900 bits per heavy atom. The molecule has 0 aromatic heterocycles. The Hall–Kier alpha value is 0.440. The highest BCUT2D eigenvalue weighted by Gasteiger charge is 2.16. The van der Waals surface area contributed by atoms with Crippen molar-refractivity contribution in [1.82, 2.24) is 0 Å². The van der Waals surface area contributed by atoms with Crippen LogP contribution in [0.5, 0.6) is 0 Å². The Balaban J connectivity index is 0. The molecule has 0 spiro atoms. The molecule has 0 aromatic rings. The van der Waals surface area contributed by atoms with Crippen molar-refractivity contribution in [2.45, 2.75) is 27.7 Å². The van der Waals surface area contributed by atoms with E-state index in [0.717, 1.165) is 0 Å². The van der Waals surface area contributed by atoms with Crippen LogP contribution in [0.25, 0.3) is 0 Å². The zero-order valence-corrected chi connectivity index (χ0v) is 9.24. The van der Waals surface area contributed by atoms with Gasteiger partial charge >= 0.3 is 0 Å². The number of rotatable bonds is 4. The minimum atomic E-state index is 0. The minimum absolute atomic E-state index is 0. The second-order valence-corrected chi connectivity index (χ2v) is 2.61. The van der Waals surface area contributed by atoms with Gasteiger partial charge in [0.15, 0.2) is 0 Å². The van der Waals surface area contributed by atoms with Crippen molar-refractivity contribution in [1.29, 1.82) is 0 Å². The van der Waals surface area contributed by atoms with Gasteiger partial charge in [-0.05, 0) is 27.7 Å². The summed E-state index contributed by atoms with van der Waals surface area (Å²) in [5, 5.41) is 0. The van der Waals surface area contributed by atoms with Gasteiger partial charge in [-0.1, -0.05) is 0 Å². The molecule has 0 amide bonds. The van der Waals surface area contributed by atoms with Crippen LogP contribution in [0.1, 0.15) is 27.7 Å². The van der Waals surface area contributed by atoms with E-state index in [4.69, 9.17) is 0 Å². The van der Waals surface area contributed by atoms with Gasteiger partial charge in [-0.25, -0.2) is 0 Å². The van der Waals surface area contributed by atoms with Gasteiger partial charge in [0.1, 0.15) is 0 Å². The molecule has 0 atom stereocenters. The van der Waals surface area contributed by atoms with Crippen LogP contribution in [-0.2, 0) is 0 Å². The van der Waals surface area contributed by atoms with Gasteiger partial charge in [0.05, 0.1) is 26.2 Å². The minimum Gasteiger partial charge on any atom is -1.00 e. The van der Waals surface area contributed by atoms with E-state index < -0.39 is 0 Å². The number of halogens is 1. The second-order valence-electron chi connectivity index (χ2n) is 2.61. The summed E-state index contributed by atoms with van der Waals surface area (Å²) >= 11 is 0. The van der Waals surface area contributed by atoms with E-state index in [-0.39, 0.29) is 17.0 Å². The molecule has 0 aliphatic rings. The van der Waals surface area contributed by atoms with Gasteiger partial charge in [-0.2, -0.15) is 0 Å². The standard InChI is InChI=1S/C8H20N.BrH/c1-5-9(6-2,7-3)8-4;/h5-8H2,1-4H3;1H/q+1;/p-1/i5+2,6+2,7+2,8+2;. The molecular formula is C8H20BrN. The molecule has 10 heavy (non-hydrogen) atoms. The Morgan fingerprint density at radius 2 is 0.900 bits per heavy atom. The van der Waals surface area contributed by atoms with E-state index in [1.807, 2.05) is 0 Å². The van der Waals surface area contributed by atoms with Crippen molar-refractivity contribution in [2.24, 2.45) is 0 Å². The van der Waals surface area contributed by atoms with Crippen molar-refractivity contribution in [3.63, 3.8) is 0 Å². The Kier molecular flexibility index (Phi) is 8.06. The molecule has 0 heterocycles. The third-order valence-corrected chi connectivity index (χ3v) is 2.68. The van der Waals surface area contributed by atoms with E-state index in [2.05, 4.69) is 27.7 Å². The summed E-state index contributed by atoms with van der Waals surface area (Å²) in [5.74, 6) is 0. The summed E-state index contributed by atoms with van der Waals surface area (Å²) in [4.78, 5) is 0. The van der Waals surface area contributed by atoms with Gasteiger partial charge < -0.3 is 21.5 Å². The number of hydrogen-bond acceptors (Lipinski definition) is 0. The fourth-order valence-electron chi connectivity index (χ4n) is 1.34. The average Bonchev–Trinajstić information content (AvgIpc) is 1.95. The fraction of sp³-hybridized carbons (Fsp3) is 1.00. The number of hydrogen-bond donors (Lipinski definition) is 0. The van der Waals surface area contributed by atoms with Crippen molar-refractivity contribution >= 4 is 0 Å². The maximum atomic E-state index is 2.27. The molecule has 0 radical (unpaired) electrons. The van der Waals surface area contributed by atoms with Crippen LogP contribution in [0, 0.1) is 0 Å². The topological polar surface area (TPSA) is 0 Å². The maximum Gasteiger partial charge on any atom is 0.0757 e. The largest absolute Gasteiger partial charge is 1.00 e. The first kappa shape index (κ1) is 13.1. The van der Waals surface area contributed by atoms with Crippen LogP contribution in [0.4, 0.5) is 0 Å². The van der Waals surface area contributed by atoms with Crippen molar-refractivity contribution < 1.29 is 21.5 Å². The smallest absolute Gasteiger partial charge is 0.0757 e. The molecule has 0 saturated heterocycles. The molecule has 0 aliphatic heterocycles. The lowest BCUT2D eigenvalue weighted by Gasteiger charge is -2.34. The van der Waals surface area contributed by atoms with E-state index >= 15 is 0 Å². The first-order valence-corrected chi connectivity index (χ1v) is 4.09. The highest BCUT2D eigenvalue weighted by Crippen LogP contribution is 2.03. The normalized spacial score (nSPS) is 10.8. The quantitative estimate of drug-likeness (QED) is 0.525. The molecule has 0 fully saturated rings. The van der Waals surface area contributed by atoms with Crippen LogP contribution in [-0.4, -0.2) is 30.7 Å². The number of quaternary nitrogens is 1. The van der Waals surface area contributed by atoms with Gasteiger partial charge in [0.25, 0.3) is 0 Å². The zero-order chi connectivity index (χ0) is 7.33. The van der Waals surface area contributed by atoms with Gasteiger partial charge in [0.2, 0.25) is 0 Å². The van der Waals surface area contributed by atoms with Crippen molar-refractivity contribution in [2.75, 3.05) is 26.2 Å². The lowest BCUT2D eigenvalue weighted by Crippen LogP contribution is -3.00. The third-order valence-electron chi connectivity index (χ3n) is 2.68. The highest BCUT2D eigenvalue weighted by molar-refractivity contribution is 4.31. The molecule has 0 saturated carbocycles. The summed E-state index contributed by atoms with van der Waals surface area (Å²) < 4.78 is 1.28. The van der Waals surface area contributed by atoms with E-state index in [1.165, 1.54) is 30.7 Å². The van der Waals surface area contributed by atoms with Gasteiger partial charge in [-0.15, -0.1) is 0 Å². The lowest BCUT2D eigenvalue weighted by atomic mass is 11.2. The third kappa shape index (κ3) is 3.02. The summed E-state index contributed by atoms with van der Waals surface area (Å²) in [5.41, 5.74) is 0. The summed E-state index contributed by atoms with van der Waals surface area (Å²) in [6, 6.07) is 0. The molecule has 0 aromatic carbocycles. The maximum absolute atomic E-state index is 2.27. The first-order chi connectivity index (χ1) is 4.24. The van der Waals surface area contributed by atoms with Crippen LogP contribution in [0.15, 0.2) is 0 Å². The van der Waals surface area contributed by atoms with Crippen LogP contribution in [0.2, 0.25) is 0 Å². The fourth-order valence-corrected chi connectivity index (χ4v) is 1.34. The Morgan fingerprint density at radius 1 is 0.700 bits per heavy atom. The van der Waals surface area contributed by atoms with Crippen LogP contribution in [0.3, 0.4) is 0 Å². The molecule has 2 heteroatoms. The molecule has 1 nitrogen and oxygen atoms in total.